The molecule has 34 heavy (non-hydrogen) atoms. The van der Waals surface area contributed by atoms with E-state index in [0.717, 1.165) is 5.56 Å². The first-order valence-corrected chi connectivity index (χ1v) is 10.7. The number of carboxylic acids is 1. The largest absolute Gasteiger partial charge is 0.496 e. The van der Waals surface area contributed by atoms with Crippen molar-refractivity contribution >= 4 is 29.1 Å². The number of nitrogens with one attached hydrogen (secondary N) is 1. The molecule has 0 fully saturated rings. The quantitative estimate of drug-likeness (QED) is 0.529. The van der Waals surface area contributed by atoms with E-state index in [4.69, 9.17) is 14.2 Å². The Morgan fingerprint density at radius 1 is 1.06 bits per heavy atom. The van der Waals surface area contributed by atoms with Gasteiger partial charge in [0.05, 0.1) is 12.6 Å². The Bertz CT molecular complexity index is 1180. The van der Waals surface area contributed by atoms with Crippen LogP contribution in [-0.4, -0.2) is 46.6 Å². The van der Waals surface area contributed by atoms with Crippen molar-refractivity contribution in [1.82, 2.24) is 9.88 Å². The number of methoxy groups -OCH3 is 1. The second kappa shape index (κ2) is 10.3. The molecule has 0 saturated carbocycles. The van der Waals surface area contributed by atoms with E-state index in [1.54, 1.807) is 51.1 Å². The summed E-state index contributed by atoms with van der Waals surface area (Å²) in [5.41, 5.74) is 1.04. The molecular formula is C25H28N2O7. The number of aliphatic carboxylic acids is 1. The predicted octanol–water partition coefficient (Wildman–Crippen LogP) is 4.36. The van der Waals surface area contributed by atoms with Crippen LogP contribution in [0.4, 0.5) is 9.59 Å². The van der Waals surface area contributed by atoms with Crippen LogP contribution in [0.2, 0.25) is 0 Å². The van der Waals surface area contributed by atoms with Crippen LogP contribution in [0.15, 0.2) is 54.7 Å². The average Bonchev–Trinajstić information content (AvgIpc) is 3.15. The van der Waals surface area contributed by atoms with Crippen LogP contribution in [0.5, 0.6) is 5.75 Å². The zero-order valence-electron chi connectivity index (χ0n) is 19.5. The summed E-state index contributed by atoms with van der Waals surface area (Å²) in [6.45, 7) is 5.27. The number of alkyl carbamates (subject to hydrolysis) is 1. The number of carbonyl (C=O) groups is 3. The lowest BCUT2D eigenvalue weighted by Crippen LogP contribution is -2.42. The standard InChI is InChI=1S/C25H28N2O7/c1-25(2,3)34-24(31)27-14-17(21-19(27)11-8-12-20(21)32-4)13-18(22(28)29)26-23(30)33-15-16-9-6-5-7-10-16/h5-12,14,18H,13,15H2,1-4H3,(H,26,30)(H,28,29)/t18-/m1/s1. The summed E-state index contributed by atoms with van der Waals surface area (Å²) in [7, 11) is 1.48. The van der Waals surface area contributed by atoms with Gasteiger partial charge in [0.2, 0.25) is 0 Å². The Hall–Kier alpha value is -4.01. The maximum Gasteiger partial charge on any atom is 0.419 e. The molecule has 0 aliphatic rings. The van der Waals surface area contributed by atoms with Gasteiger partial charge >= 0.3 is 18.2 Å². The summed E-state index contributed by atoms with van der Waals surface area (Å²) in [4.78, 5) is 37.0. The molecule has 2 aromatic carbocycles. The normalized spacial score (nSPS) is 12.1. The lowest BCUT2D eigenvalue weighted by molar-refractivity contribution is -0.139. The van der Waals surface area contributed by atoms with Gasteiger partial charge in [-0.2, -0.15) is 0 Å². The molecule has 3 aromatic rings. The third-order valence-electron chi connectivity index (χ3n) is 4.91. The molecule has 0 bridgehead atoms. The van der Waals surface area contributed by atoms with Gasteiger partial charge in [-0.3, -0.25) is 4.57 Å². The first-order valence-electron chi connectivity index (χ1n) is 10.7. The van der Waals surface area contributed by atoms with Crippen LogP contribution in [0.1, 0.15) is 31.9 Å². The summed E-state index contributed by atoms with van der Waals surface area (Å²) in [5.74, 6) is -0.782. The summed E-state index contributed by atoms with van der Waals surface area (Å²) < 4.78 is 17.4. The summed E-state index contributed by atoms with van der Waals surface area (Å²) in [5, 5.41) is 12.7. The molecular weight excluding hydrogens is 440 g/mol. The van der Waals surface area contributed by atoms with Gasteiger partial charge < -0.3 is 24.6 Å². The van der Waals surface area contributed by atoms with E-state index in [1.165, 1.54) is 17.9 Å². The molecule has 1 heterocycles. The number of nitrogens with zero attached hydrogens (tertiary/aromatic N) is 1. The Morgan fingerprint density at radius 2 is 1.76 bits per heavy atom. The van der Waals surface area contributed by atoms with Gasteiger partial charge in [0.15, 0.2) is 0 Å². The fraction of sp³-hybridized carbons (Fsp3) is 0.320. The molecule has 9 heteroatoms. The number of benzene rings is 2. The van der Waals surface area contributed by atoms with E-state index in [9.17, 15) is 19.5 Å². The van der Waals surface area contributed by atoms with E-state index in [2.05, 4.69) is 5.32 Å². The topological polar surface area (TPSA) is 116 Å². The number of fused-ring (bicyclic) bond motifs is 1. The Morgan fingerprint density at radius 3 is 2.38 bits per heavy atom. The zero-order chi connectivity index (χ0) is 24.9. The number of aromatic nitrogens is 1. The number of amides is 1. The third kappa shape index (κ3) is 6.06. The van der Waals surface area contributed by atoms with Crippen molar-refractivity contribution in [3.8, 4) is 5.75 Å². The van der Waals surface area contributed by atoms with Gasteiger partial charge in [0, 0.05) is 18.0 Å². The number of rotatable bonds is 7. The minimum Gasteiger partial charge on any atom is -0.496 e. The highest BCUT2D eigenvalue weighted by atomic mass is 16.6. The Balaban J connectivity index is 1.86. The number of hydrogen-bond acceptors (Lipinski definition) is 6. The summed E-state index contributed by atoms with van der Waals surface area (Å²) in [6.07, 6.45) is -0.0745. The minimum atomic E-state index is -1.30. The number of carbonyl (C=O) groups excluding carboxylic acids is 2. The van der Waals surface area contributed by atoms with Gasteiger partial charge in [0.1, 0.15) is 24.0 Å². The fourth-order valence-electron chi connectivity index (χ4n) is 3.45. The van der Waals surface area contributed by atoms with Gasteiger partial charge in [-0.15, -0.1) is 0 Å². The highest BCUT2D eigenvalue weighted by Crippen LogP contribution is 2.32. The molecule has 1 aromatic heterocycles. The van der Waals surface area contributed by atoms with Crippen molar-refractivity contribution in [2.24, 2.45) is 0 Å². The van der Waals surface area contributed by atoms with E-state index in [1.807, 2.05) is 18.2 Å². The molecule has 180 valence electrons. The van der Waals surface area contributed by atoms with E-state index in [0.29, 0.717) is 22.2 Å². The van der Waals surface area contributed by atoms with Crippen molar-refractivity contribution in [2.75, 3.05) is 7.11 Å². The molecule has 0 aliphatic heterocycles. The third-order valence-corrected chi connectivity index (χ3v) is 4.91. The second-order valence-corrected chi connectivity index (χ2v) is 8.66. The first-order chi connectivity index (χ1) is 16.1. The van der Waals surface area contributed by atoms with Crippen molar-refractivity contribution in [3.63, 3.8) is 0 Å². The predicted molar refractivity (Wildman–Crippen MR) is 125 cm³/mol. The molecule has 0 unspecified atom stereocenters. The van der Waals surface area contributed by atoms with Crippen LogP contribution < -0.4 is 10.1 Å². The van der Waals surface area contributed by atoms with Crippen LogP contribution in [-0.2, 0) is 27.3 Å². The molecule has 1 atom stereocenters. The van der Waals surface area contributed by atoms with Crippen LogP contribution in [0.25, 0.3) is 10.9 Å². The van der Waals surface area contributed by atoms with Crippen molar-refractivity contribution < 1.29 is 33.7 Å². The van der Waals surface area contributed by atoms with Crippen LogP contribution in [0, 0.1) is 0 Å². The van der Waals surface area contributed by atoms with Gasteiger partial charge in [-0.1, -0.05) is 36.4 Å². The van der Waals surface area contributed by atoms with E-state index >= 15 is 0 Å². The first kappa shape index (κ1) is 24.6. The highest BCUT2D eigenvalue weighted by molar-refractivity contribution is 5.96. The molecule has 0 spiro atoms. The maximum absolute atomic E-state index is 12.8. The average molecular weight is 469 g/mol. The van der Waals surface area contributed by atoms with Crippen molar-refractivity contribution in [2.45, 2.75) is 45.4 Å². The van der Waals surface area contributed by atoms with Crippen LogP contribution >= 0.6 is 0 Å². The van der Waals surface area contributed by atoms with E-state index in [-0.39, 0.29) is 13.0 Å². The lowest BCUT2D eigenvalue weighted by atomic mass is 10.0. The Kier molecular flexibility index (Phi) is 7.45. The summed E-state index contributed by atoms with van der Waals surface area (Å²) in [6, 6.07) is 12.9. The van der Waals surface area contributed by atoms with Crippen molar-refractivity contribution in [3.05, 3.63) is 65.9 Å². The monoisotopic (exact) mass is 468 g/mol. The van der Waals surface area contributed by atoms with Crippen molar-refractivity contribution in [1.29, 1.82) is 0 Å². The highest BCUT2D eigenvalue weighted by Gasteiger charge is 2.27. The fourth-order valence-corrected chi connectivity index (χ4v) is 3.45. The molecule has 9 nitrogen and oxygen atoms in total. The molecule has 3 rings (SSSR count). The SMILES string of the molecule is COc1cccc2c1c(C[C@@H](NC(=O)OCc1ccccc1)C(=O)O)cn2C(=O)OC(C)(C)C. The summed E-state index contributed by atoms with van der Waals surface area (Å²) >= 11 is 0. The molecule has 2 N–H and O–H groups in total. The molecule has 0 radical (unpaired) electrons. The minimum absolute atomic E-state index is 0.00475. The smallest absolute Gasteiger partial charge is 0.419 e. The lowest BCUT2D eigenvalue weighted by Gasteiger charge is -2.19. The number of ether oxygens (including phenoxy) is 3. The van der Waals surface area contributed by atoms with Gasteiger partial charge in [0.25, 0.3) is 0 Å². The van der Waals surface area contributed by atoms with Crippen LogP contribution in [0.3, 0.4) is 0 Å². The second-order valence-electron chi connectivity index (χ2n) is 8.66. The van der Waals surface area contributed by atoms with Gasteiger partial charge in [-0.05, 0) is 44.0 Å². The maximum atomic E-state index is 12.8. The van der Waals surface area contributed by atoms with Gasteiger partial charge in [-0.25, -0.2) is 14.4 Å². The van der Waals surface area contributed by atoms with E-state index < -0.39 is 29.8 Å². The zero-order valence-corrected chi connectivity index (χ0v) is 19.5. The number of carboxylic acid groups (broad SMARTS) is 1. The molecule has 1 amide bonds. The molecule has 0 saturated heterocycles. The molecule has 0 aliphatic carbocycles. The Labute approximate surface area is 197 Å². The number of hydrogen-bond donors (Lipinski definition) is 2.